The number of quaternary nitrogens is 1. The molecule has 0 spiro atoms. The Balaban J connectivity index is 2.21. The zero-order valence-electron chi connectivity index (χ0n) is 10.3. The topological polar surface area (TPSA) is 42.9 Å². The molecule has 1 aliphatic heterocycles. The molecule has 1 aromatic rings. The largest absolute Gasteiger partial charge is 0.468 e. The van der Waals surface area contributed by atoms with Crippen LogP contribution in [0.25, 0.3) is 0 Å². The third kappa shape index (κ3) is 2.86. The standard InChI is InChI=1S/C14H19NO2/c1-17-14(16)13(11-7-3-2-4-8-11)12-9-5-6-10-15-12/h2-4,7-8,12-13,15H,5-6,9-10H2,1H3/p+1/t12-,13+/m0/s1. The van der Waals surface area contributed by atoms with Crippen LogP contribution in [0.5, 0.6) is 0 Å². The summed E-state index contributed by atoms with van der Waals surface area (Å²) < 4.78 is 4.96. The highest BCUT2D eigenvalue weighted by Crippen LogP contribution is 2.23. The molecular formula is C14H20NO2+. The molecule has 1 aliphatic rings. The maximum absolute atomic E-state index is 12.0. The molecule has 17 heavy (non-hydrogen) atoms. The maximum Gasteiger partial charge on any atom is 0.319 e. The Morgan fingerprint density at radius 2 is 2.12 bits per heavy atom. The lowest BCUT2D eigenvalue weighted by atomic mass is 9.86. The predicted molar refractivity (Wildman–Crippen MR) is 65.6 cm³/mol. The van der Waals surface area contributed by atoms with Gasteiger partial charge in [-0.1, -0.05) is 30.3 Å². The summed E-state index contributed by atoms with van der Waals surface area (Å²) in [5, 5.41) is 2.29. The van der Waals surface area contributed by atoms with Gasteiger partial charge in [-0.3, -0.25) is 4.79 Å². The molecule has 1 saturated heterocycles. The van der Waals surface area contributed by atoms with Crippen LogP contribution >= 0.6 is 0 Å². The SMILES string of the molecule is COC(=O)[C@H](c1ccccc1)[C@@H]1CCCC[NH2+]1. The molecule has 2 atom stereocenters. The van der Waals surface area contributed by atoms with E-state index in [1.165, 1.54) is 20.0 Å². The molecule has 1 fully saturated rings. The lowest BCUT2D eigenvalue weighted by molar-refractivity contribution is -0.698. The number of hydrogen-bond donors (Lipinski definition) is 1. The van der Waals surface area contributed by atoms with Gasteiger partial charge in [-0.2, -0.15) is 0 Å². The Labute approximate surface area is 102 Å². The van der Waals surface area contributed by atoms with Crippen LogP contribution in [-0.2, 0) is 9.53 Å². The third-order valence-corrected chi connectivity index (χ3v) is 3.50. The monoisotopic (exact) mass is 234 g/mol. The van der Waals surface area contributed by atoms with Gasteiger partial charge >= 0.3 is 5.97 Å². The van der Waals surface area contributed by atoms with E-state index >= 15 is 0 Å². The minimum Gasteiger partial charge on any atom is -0.468 e. The zero-order valence-corrected chi connectivity index (χ0v) is 10.3. The van der Waals surface area contributed by atoms with Gasteiger partial charge < -0.3 is 10.1 Å². The van der Waals surface area contributed by atoms with Crippen LogP contribution in [0, 0.1) is 0 Å². The second-order valence-electron chi connectivity index (χ2n) is 4.60. The Morgan fingerprint density at radius 1 is 1.35 bits per heavy atom. The first-order chi connectivity index (χ1) is 8.33. The van der Waals surface area contributed by atoms with Crippen LogP contribution in [0.1, 0.15) is 30.7 Å². The molecule has 1 heterocycles. The van der Waals surface area contributed by atoms with Crippen LogP contribution < -0.4 is 5.32 Å². The minimum absolute atomic E-state index is 0.112. The number of carbonyl (C=O) groups excluding carboxylic acids is 1. The second-order valence-corrected chi connectivity index (χ2v) is 4.60. The van der Waals surface area contributed by atoms with Gasteiger partial charge in [0.15, 0.2) is 0 Å². The van der Waals surface area contributed by atoms with Crippen molar-refractivity contribution in [2.75, 3.05) is 13.7 Å². The van der Waals surface area contributed by atoms with Crippen LogP contribution in [0.3, 0.4) is 0 Å². The van der Waals surface area contributed by atoms with Gasteiger partial charge in [0.25, 0.3) is 0 Å². The van der Waals surface area contributed by atoms with Crippen LogP contribution in [0.15, 0.2) is 30.3 Å². The predicted octanol–water partition coefficient (Wildman–Crippen LogP) is 1.06. The van der Waals surface area contributed by atoms with Crippen molar-refractivity contribution in [3.63, 3.8) is 0 Å². The molecule has 0 saturated carbocycles. The van der Waals surface area contributed by atoms with Gasteiger partial charge in [0.1, 0.15) is 12.0 Å². The smallest absolute Gasteiger partial charge is 0.319 e. The van der Waals surface area contributed by atoms with E-state index < -0.39 is 0 Å². The molecule has 2 rings (SSSR count). The van der Waals surface area contributed by atoms with Crippen molar-refractivity contribution in [3.8, 4) is 0 Å². The number of piperidine rings is 1. The Morgan fingerprint density at radius 3 is 2.71 bits per heavy atom. The fraction of sp³-hybridized carbons (Fsp3) is 0.500. The highest BCUT2D eigenvalue weighted by atomic mass is 16.5. The van der Waals surface area contributed by atoms with Crippen molar-refractivity contribution in [1.29, 1.82) is 0 Å². The van der Waals surface area contributed by atoms with Gasteiger partial charge in [0.2, 0.25) is 0 Å². The summed E-state index contributed by atoms with van der Waals surface area (Å²) in [5.41, 5.74) is 1.07. The Hall–Kier alpha value is -1.35. The number of ether oxygens (including phenoxy) is 1. The molecule has 0 bridgehead atoms. The highest BCUT2D eigenvalue weighted by molar-refractivity contribution is 5.78. The molecule has 92 valence electrons. The summed E-state index contributed by atoms with van der Waals surface area (Å²) in [5.74, 6) is -0.235. The van der Waals surface area contributed by atoms with Crippen molar-refractivity contribution in [2.45, 2.75) is 31.2 Å². The first-order valence-electron chi connectivity index (χ1n) is 6.29. The van der Waals surface area contributed by atoms with Crippen molar-refractivity contribution < 1.29 is 14.8 Å². The minimum atomic E-state index is -0.124. The molecule has 0 radical (unpaired) electrons. The molecule has 3 heteroatoms. The van der Waals surface area contributed by atoms with E-state index in [0.29, 0.717) is 6.04 Å². The average Bonchev–Trinajstić information content (AvgIpc) is 2.41. The number of esters is 1. The van der Waals surface area contributed by atoms with Gasteiger partial charge in [0, 0.05) is 6.42 Å². The van der Waals surface area contributed by atoms with E-state index in [9.17, 15) is 4.79 Å². The van der Waals surface area contributed by atoms with Crippen LogP contribution in [0.4, 0.5) is 0 Å². The number of carbonyl (C=O) groups is 1. The zero-order chi connectivity index (χ0) is 12.1. The Kier molecular flexibility index (Phi) is 4.15. The summed E-state index contributed by atoms with van der Waals surface area (Å²) in [7, 11) is 1.47. The molecule has 0 amide bonds. The highest BCUT2D eigenvalue weighted by Gasteiger charge is 2.34. The van der Waals surface area contributed by atoms with E-state index in [2.05, 4.69) is 5.32 Å². The lowest BCUT2D eigenvalue weighted by Gasteiger charge is -2.26. The van der Waals surface area contributed by atoms with E-state index in [4.69, 9.17) is 4.74 Å². The van der Waals surface area contributed by atoms with Gasteiger partial charge in [-0.25, -0.2) is 0 Å². The normalized spacial score (nSPS) is 21.8. The molecule has 0 aliphatic carbocycles. The van der Waals surface area contributed by atoms with E-state index in [0.717, 1.165) is 18.5 Å². The number of nitrogens with two attached hydrogens (primary N) is 1. The first-order valence-corrected chi connectivity index (χ1v) is 6.29. The number of benzene rings is 1. The summed E-state index contributed by atoms with van der Waals surface area (Å²) in [6, 6.07) is 10.3. The van der Waals surface area contributed by atoms with Gasteiger partial charge in [-0.05, 0) is 18.4 Å². The molecule has 3 nitrogen and oxygen atoms in total. The second kappa shape index (κ2) is 5.82. The number of rotatable bonds is 3. The molecule has 2 N–H and O–H groups in total. The van der Waals surface area contributed by atoms with Crippen molar-refractivity contribution in [1.82, 2.24) is 0 Å². The van der Waals surface area contributed by atoms with E-state index in [1.54, 1.807) is 0 Å². The molecule has 0 unspecified atom stereocenters. The van der Waals surface area contributed by atoms with Crippen molar-refractivity contribution >= 4 is 5.97 Å². The first kappa shape index (κ1) is 12.1. The lowest BCUT2D eigenvalue weighted by Crippen LogP contribution is -2.92. The van der Waals surface area contributed by atoms with Gasteiger partial charge in [-0.15, -0.1) is 0 Å². The quantitative estimate of drug-likeness (QED) is 0.795. The van der Waals surface area contributed by atoms with Crippen molar-refractivity contribution in [3.05, 3.63) is 35.9 Å². The fourth-order valence-electron chi connectivity index (χ4n) is 2.62. The Bertz CT molecular complexity index is 358. The van der Waals surface area contributed by atoms with Gasteiger partial charge in [0.05, 0.1) is 13.7 Å². The van der Waals surface area contributed by atoms with Crippen LogP contribution in [-0.4, -0.2) is 25.7 Å². The molecule has 0 aromatic heterocycles. The number of methoxy groups -OCH3 is 1. The maximum atomic E-state index is 12.0. The van der Waals surface area contributed by atoms with E-state index in [-0.39, 0.29) is 11.9 Å². The summed E-state index contributed by atoms with van der Waals surface area (Å²) in [4.78, 5) is 12.0. The summed E-state index contributed by atoms with van der Waals surface area (Å²) >= 11 is 0. The molecule has 1 aromatic carbocycles. The van der Waals surface area contributed by atoms with Crippen LogP contribution in [0.2, 0.25) is 0 Å². The molecular weight excluding hydrogens is 214 g/mol. The summed E-state index contributed by atoms with van der Waals surface area (Å²) in [6.45, 7) is 1.12. The third-order valence-electron chi connectivity index (χ3n) is 3.50. The number of hydrogen-bond acceptors (Lipinski definition) is 2. The fourth-order valence-corrected chi connectivity index (χ4v) is 2.62. The van der Waals surface area contributed by atoms with E-state index in [1.807, 2.05) is 30.3 Å². The van der Waals surface area contributed by atoms with Crippen molar-refractivity contribution in [2.24, 2.45) is 0 Å². The average molecular weight is 234 g/mol. The summed E-state index contributed by atoms with van der Waals surface area (Å²) in [6.07, 6.45) is 3.55.